The molecule has 0 aliphatic rings. The zero-order valence-electron chi connectivity index (χ0n) is 12.1. The van der Waals surface area contributed by atoms with Crippen LogP contribution >= 0.6 is 11.3 Å². The third kappa shape index (κ3) is 2.83. The van der Waals surface area contributed by atoms with Crippen LogP contribution in [-0.2, 0) is 6.42 Å². The summed E-state index contributed by atoms with van der Waals surface area (Å²) >= 11 is 1.71. The number of thiophene rings is 1. The number of nitrogens with one attached hydrogen (secondary N) is 1. The number of hydrogen-bond acceptors (Lipinski definition) is 5. The molecular formula is C16H17N3OS. The average Bonchev–Trinajstić information content (AvgIpc) is 2.94. The van der Waals surface area contributed by atoms with Crippen LogP contribution in [0.2, 0.25) is 0 Å². The van der Waals surface area contributed by atoms with Crippen LogP contribution in [0.1, 0.15) is 18.7 Å². The summed E-state index contributed by atoms with van der Waals surface area (Å²) in [7, 11) is 0. The van der Waals surface area contributed by atoms with Gasteiger partial charge in [-0.3, -0.25) is 0 Å². The monoisotopic (exact) mass is 299 g/mol. The molecule has 0 atom stereocenters. The number of hydrogen-bond donors (Lipinski definition) is 1. The van der Waals surface area contributed by atoms with Gasteiger partial charge >= 0.3 is 0 Å². The van der Waals surface area contributed by atoms with Crippen molar-refractivity contribution in [1.29, 1.82) is 0 Å². The number of aromatic nitrogens is 2. The number of rotatable bonds is 5. The SMILES string of the molecule is CCOc1ccccc1Nc1ncnc2sc(CC)cc12. The fourth-order valence-corrected chi connectivity index (χ4v) is 3.09. The second-order valence-corrected chi connectivity index (χ2v) is 5.68. The van der Waals surface area contributed by atoms with E-state index in [0.717, 1.165) is 33.9 Å². The van der Waals surface area contributed by atoms with Gasteiger partial charge in [-0.05, 0) is 31.5 Å². The van der Waals surface area contributed by atoms with Crippen LogP contribution in [0, 0.1) is 0 Å². The van der Waals surface area contributed by atoms with Gasteiger partial charge in [0, 0.05) is 4.88 Å². The average molecular weight is 299 g/mol. The highest BCUT2D eigenvalue weighted by atomic mass is 32.1. The number of fused-ring (bicyclic) bond motifs is 1. The summed E-state index contributed by atoms with van der Waals surface area (Å²) in [5.74, 6) is 1.65. The van der Waals surface area contributed by atoms with Crippen LogP contribution in [-0.4, -0.2) is 16.6 Å². The number of benzene rings is 1. The molecule has 0 aliphatic carbocycles. The van der Waals surface area contributed by atoms with Crippen molar-refractivity contribution in [1.82, 2.24) is 9.97 Å². The first-order chi connectivity index (χ1) is 10.3. The number of aryl methyl sites for hydroxylation is 1. The molecule has 0 aliphatic heterocycles. The number of nitrogens with zero attached hydrogens (tertiary/aromatic N) is 2. The van der Waals surface area contributed by atoms with E-state index in [1.807, 2.05) is 31.2 Å². The largest absolute Gasteiger partial charge is 0.492 e. The van der Waals surface area contributed by atoms with E-state index in [1.54, 1.807) is 17.7 Å². The number of anilines is 2. The zero-order valence-corrected chi connectivity index (χ0v) is 12.9. The molecule has 108 valence electrons. The van der Waals surface area contributed by atoms with E-state index in [1.165, 1.54) is 4.88 Å². The highest BCUT2D eigenvalue weighted by molar-refractivity contribution is 7.18. The Hall–Kier alpha value is -2.14. The summed E-state index contributed by atoms with van der Waals surface area (Å²) < 4.78 is 5.64. The van der Waals surface area contributed by atoms with Crippen molar-refractivity contribution in [3.63, 3.8) is 0 Å². The molecule has 3 rings (SSSR count). The minimum absolute atomic E-state index is 0.635. The van der Waals surface area contributed by atoms with Crippen LogP contribution in [0.3, 0.4) is 0 Å². The van der Waals surface area contributed by atoms with Crippen molar-refractivity contribution in [2.75, 3.05) is 11.9 Å². The number of para-hydroxylation sites is 2. The molecule has 2 heterocycles. The Bertz CT molecular complexity index is 754. The van der Waals surface area contributed by atoms with Gasteiger partial charge in [-0.15, -0.1) is 11.3 Å². The molecule has 0 amide bonds. The normalized spacial score (nSPS) is 10.8. The summed E-state index contributed by atoms with van der Waals surface area (Å²) in [4.78, 5) is 11.1. The Balaban J connectivity index is 2.00. The quantitative estimate of drug-likeness (QED) is 0.758. The smallest absolute Gasteiger partial charge is 0.142 e. The van der Waals surface area contributed by atoms with Crippen molar-refractivity contribution < 1.29 is 4.74 Å². The molecule has 4 nitrogen and oxygen atoms in total. The molecule has 2 aromatic heterocycles. The van der Waals surface area contributed by atoms with Crippen molar-refractivity contribution >= 4 is 33.1 Å². The Morgan fingerprint density at radius 3 is 2.86 bits per heavy atom. The van der Waals surface area contributed by atoms with E-state index in [2.05, 4.69) is 28.3 Å². The van der Waals surface area contributed by atoms with E-state index >= 15 is 0 Å². The lowest BCUT2D eigenvalue weighted by molar-refractivity contribution is 0.342. The second-order valence-electron chi connectivity index (χ2n) is 4.56. The molecule has 0 saturated carbocycles. The summed E-state index contributed by atoms with van der Waals surface area (Å²) in [5.41, 5.74) is 0.920. The maximum atomic E-state index is 5.64. The zero-order chi connectivity index (χ0) is 14.7. The van der Waals surface area contributed by atoms with Gasteiger partial charge in [-0.1, -0.05) is 19.1 Å². The lowest BCUT2D eigenvalue weighted by Gasteiger charge is -2.11. The molecule has 1 N–H and O–H groups in total. The molecule has 3 aromatic rings. The van der Waals surface area contributed by atoms with Crippen molar-refractivity contribution in [2.24, 2.45) is 0 Å². The molecule has 0 spiro atoms. The second kappa shape index (κ2) is 6.10. The number of ether oxygens (including phenoxy) is 1. The van der Waals surface area contributed by atoms with E-state index in [-0.39, 0.29) is 0 Å². The minimum Gasteiger partial charge on any atom is -0.492 e. The molecule has 0 fully saturated rings. The summed E-state index contributed by atoms with van der Waals surface area (Å²) in [6, 6.07) is 10.0. The summed E-state index contributed by atoms with van der Waals surface area (Å²) in [5, 5.41) is 4.43. The first-order valence-electron chi connectivity index (χ1n) is 7.04. The van der Waals surface area contributed by atoms with Crippen LogP contribution < -0.4 is 10.1 Å². The molecule has 5 heteroatoms. The van der Waals surface area contributed by atoms with Gasteiger partial charge in [0.15, 0.2) is 0 Å². The molecule has 1 aromatic carbocycles. The maximum Gasteiger partial charge on any atom is 0.142 e. The Morgan fingerprint density at radius 2 is 2.05 bits per heavy atom. The first kappa shape index (κ1) is 13.8. The van der Waals surface area contributed by atoms with Crippen LogP contribution in [0.15, 0.2) is 36.7 Å². The third-order valence-corrected chi connectivity index (χ3v) is 4.36. The van der Waals surface area contributed by atoms with Gasteiger partial charge in [-0.25, -0.2) is 9.97 Å². The predicted octanol–water partition coefficient (Wildman–Crippen LogP) is 4.40. The van der Waals surface area contributed by atoms with Gasteiger partial charge in [0.05, 0.1) is 17.7 Å². The molecule has 21 heavy (non-hydrogen) atoms. The lowest BCUT2D eigenvalue weighted by Crippen LogP contribution is -1.99. The van der Waals surface area contributed by atoms with Crippen LogP contribution in [0.4, 0.5) is 11.5 Å². The molecule has 0 saturated heterocycles. The van der Waals surface area contributed by atoms with E-state index in [0.29, 0.717) is 6.61 Å². The van der Waals surface area contributed by atoms with Gasteiger partial charge in [0.2, 0.25) is 0 Å². The highest BCUT2D eigenvalue weighted by Crippen LogP contribution is 2.32. The molecule has 0 radical (unpaired) electrons. The minimum atomic E-state index is 0.635. The Kier molecular flexibility index (Phi) is 4.01. The Morgan fingerprint density at radius 1 is 1.19 bits per heavy atom. The Labute approximate surface area is 127 Å². The van der Waals surface area contributed by atoms with Crippen LogP contribution in [0.5, 0.6) is 5.75 Å². The van der Waals surface area contributed by atoms with E-state index < -0.39 is 0 Å². The van der Waals surface area contributed by atoms with Gasteiger partial charge < -0.3 is 10.1 Å². The maximum absolute atomic E-state index is 5.64. The van der Waals surface area contributed by atoms with Crippen molar-refractivity contribution in [3.05, 3.63) is 41.5 Å². The third-order valence-electron chi connectivity index (χ3n) is 3.17. The summed E-state index contributed by atoms with van der Waals surface area (Å²) in [6.45, 7) is 4.76. The summed E-state index contributed by atoms with van der Waals surface area (Å²) in [6.07, 6.45) is 2.61. The van der Waals surface area contributed by atoms with Gasteiger partial charge in [-0.2, -0.15) is 0 Å². The van der Waals surface area contributed by atoms with E-state index in [9.17, 15) is 0 Å². The first-order valence-corrected chi connectivity index (χ1v) is 7.85. The molecule has 0 bridgehead atoms. The lowest BCUT2D eigenvalue weighted by atomic mass is 10.2. The molecular weight excluding hydrogens is 282 g/mol. The van der Waals surface area contributed by atoms with Crippen molar-refractivity contribution in [2.45, 2.75) is 20.3 Å². The highest BCUT2D eigenvalue weighted by Gasteiger charge is 2.10. The van der Waals surface area contributed by atoms with Gasteiger partial charge in [0.25, 0.3) is 0 Å². The fraction of sp³-hybridized carbons (Fsp3) is 0.250. The molecule has 0 unspecified atom stereocenters. The topological polar surface area (TPSA) is 47.0 Å². The fourth-order valence-electron chi connectivity index (χ4n) is 2.16. The standard InChI is InChI=1S/C16H17N3OS/c1-3-11-9-12-15(17-10-18-16(12)21-11)19-13-7-5-6-8-14(13)20-4-2/h5-10H,3-4H2,1-2H3,(H,17,18,19). The van der Waals surface area contributed by atoms with Crippen LogP contribution in [0.25, 0.3) is 10.2 Å². The van der Waals surface area contributed by atoms with E-state index in [4.69, 9.17) is 4.74 Å². The predicted molar refractivity (Wildman–Crippen MR) is 87.7 cm³/mol. The van der Waals surface area contributed by atoms with Crippen molar-refractivity contribution in [3.8, 4) is 5.75 Å². The van der Waals surface area contributed by atoms with Gasteiger partial charge in [0.1, 0.15) is 22.7 Å².